The molecule has 0 unspecified atom stereocenters. The topological polar surface area (TPSA) is 12.0 Å². The highest BCUT2D eigenvalue weighted by Crippen LogP contribution is 2.40. The highest BCUT2D eigenvalue weighted by Gasteiger charge is 2.30. The maximum atomic E-state index is 13.7. The molecule has 20 heavy (non-hydrogen) atoms. The predicted molar refractivity (Wildman–Crippen MR) is 87.6 cm³/mol. The van der Waals surface area contributed by atoms with Gasteiger partial charge in [-0.25, -0.2) is 4.39 Å². The number of nitrogens with one attached hydrogen (secondary N) is 1. The average molecular weight is 399 g/mol. The first-order valence-electron chi connectivity index (χ1n) is 6.59. The Hall–Kier alpha value is -0.870. The average Bonchev–Trinajstić information content (AvgIpc) is 2.38. The number of hydrogen-bond donors (Lipinski definition) is 1. The number of benzene rings is 2. The first-order valence-corrected chi connectivity index (χ1v) is 8.18. The van der Waals surface area contributed by atoms with Crippen molar-refractivity contribution < 1.29 is 4.39 Å². The Kier molecular flexibility index (Phi) is 4.13. The lowest BCUT2D eigenvalue weighted by atomic mass is 9.76. The number of halogens is 3. The van der Waals surface area contributed by atoms with E-state index in [1.807, 2.05) is 6.07 Å². The molecule has 0 heterocycles. The molecule has 2 aromatic carbocycles. The molecule has 4 heteroatoms. The summed E-state index contributed by atoms with van der Waals surface area (Å²) in [4.78, 5) is 0. The lowest BCUT2D eigenvalue weighted by Gasteiger charge is -2.37. The normalized spacial score (nSPS) is 21.4. The molecular weight excluding hydrogens is 385 g/mol. The van der Waals surface area contributed by atoms with Crippen LogP contribution < -0.4 is 5.32 Å². The molecule has 104 valence electrons. The summed E-state index contributed by atoms with van der Waals surface area (Å²) in [7, 11) is 0. The number of para-hydroxylation sites is 1. The molecular formula is C16H14Br2FN. The monoisotopic (exact) mass is 397 g/mol. The van der Waals surface area contributed by atoms with Crippen LogP contribution in [-0.4, -0.2) is 6.04 Å². The second-order valence-corrected chi connectivity index (χ2v) is 6.93. The summed E-state index contributed by atoms with van der Waals surface area (Å²) < 4.78 is 15.6. The van der Waals surface area contributed by atoms with Crippen molar-refractivity contribution >= 4 is 37.5 Å². The van der Waals surface area contributed by atoms with Gasteiger partial charge in [0.25, 0.3) is 0 Å². The summed E-state index contributed by atoms with van der Waals surface area (Å²) in [6, 6.07) is 13.8. The van der Waals surface area contributed by atoms with Crippen molar-refractivity contribution in [2.24, 2.45) is 0 Å². The molecule has 1 saturated carbocycles. The van der Waals surface area contributed by atoms with E-state index < -0.39 is 0 Å². The molecule has 0 spiro atoms. The van der Waals surface area contributed by atoms with Crippen molar-refractivity contribution in [2.75, 3.05) is 5.32 Å². The van der Waals surface area contributed by atoms with Crippen molar-refractivity contribution in [2.45, 2.75) is 24.8 Å². The van der Waals surface area contributed by atoms with Crippen LogP contribution in [0.2, 0.25) is 0 Å². The zero-order valence-corrected chi connectivity index (χ0v) is 13.9. The smallest absolute Gasteiger partial charge is 0.147 e. The standard InChI is InChI=1S/C16H14Br2FN/c17-12-6-4-10(5-7-12)11-8-13(9-11)20-16-14(18)2-1-3-15(16)19/h1-7,11,13,20H,8-9H2. The Bertz CT molecular complexity index is 586. The molecule has 0 aromatic heterocycles. The first kappa shape index (κ1) is 14.1. The van der Waals surface area contributed by atoms with E-state index in [1.54, 1.807) is 6.07 Å². The fraction of sp³-hybridized carbons (Fsp3) is 0.250. The molecule has 1 N–H and O–H groups in total. The Morgan fingerprint density at radius 2 is 1.70 bits per heavy atom. The zero-order valence-electron chi connectivity index (χ0n) is 10.7. The molecule has 0 bridgehead atoms. The second-order valence-electron chi connectivity index (χ2n) is 5.16. The van der Waals surface area contributed by atoms with Gasteiger partial charge >= 0.3 is 0 Å². The molecule has 1 aliphatic carbocycles. The van der Waals surface area contributed by atoms with Crippen LogP contribution in [0.15, 0.2) is 51.4 Å². The van der Waals surface area contributed by atoms with Crippen LogP contribution in [0.5, 0.6) is 0 Å². The van der Waals surface area contributed by atoms with Gasteiger partial charge < -0.3 is 5.32 Å². The molecule has 1 nitrogen and oxygen atoms in total. The van der Waals surface area contributed by atoms with Gasteiger partial charge in [0.1, 0.15) is 5.82 Å². The SMILES string of the molecule is Fc1cccc(Br)c1NC1CC(c2ccc(Br)cc2)C1. The van der Waals surface area contributed by atoms with Crippen LogP contribution in [0.25, 0.3) is 0 Å². The Morgan fingerprint density at radius 3 is 2.35 bits per heavy atom. The van der Waals surface area contributed by atoms with Gasteiger partial charge in [0.2, 0.25) is 0 Å². The van der Waals surface area contributed by atoms with Gasteiger partial charge in [-0.3, -0.25) is 0 Å². The van der Waals surface area contributed by atoms with Crippen LogP contribution in [0, 0.1) is 5.82 Å². The van der Waals surface area contributed by atoms with Crippen LogP contribution in [0.4, 0.5) is 10.1 Å². The van der Waals surface area contributed by atoms with Gasteiger partial charge in [0.15, 0.2) is 0 Å². The Labute approximate surface area is 134 Å². The summed E-state index contributed by atoms with van der Waals surface area (Å²) in [6.07, 6.45) is 2.09. The van der Waals surface area contributed by atoms with E-state index in [4.69, 9.17) is 0 Å². The molecule has 1 fully saturated rings. The van der Waals surface area contributed by atoms with E-state index in [2.05, 4.69) is 61.4 Å². The van der Waals surface area contributed by atoms with Crippen LogP contribution >= 0.6 is 31.9 Å². The highest BCUT2D eigenvalue weighted by molar-refractivity contribution is 9.10. The van der Waals surface area contributed by atoms with Gasteiger partial charge in [-0.1, -0.05) is 34.1 Å². The van der Waals surface area contributed by atoms with E-state index in [1.165, 1.54) is 11.6 Å². The maximum absolute atomic E-state index is 13.7. The fourth-order valence-electron chi connectivity index (χ4n) is 2.58. The molecule has 0 aliphatic heterocycles. The summed E-state index contributed by atoms with van der Waals surface area (Å²) in [5, 5.41) is 3.29. The molecule has 2 aromatic rings. The van der Waals surface area contributed by atoms with Crippen LogP contribution in [0.1, 0.15) is 24.3 Å². The minimum Gasteiger partial charge on any atom is -0.379 e. The zero-order chi connectivity index (χ0) is 14.1. The van der Waals surface area contributed by atoms with Crippen molar-refractivity contribution in [1.29, 1.82) is 0 Å². The van der Waals surface area contributed by atoms with Gasteiger partial charge in [-0.05, 0) is 64.5 Å². The quantitative estimate of drug-likeness (QED) is 0.698. The van der Waals surface area contributed by atoms with E-state index in [0.29, 0.717) is 17.6 Å². The van der Waals surface area contributed by atoms with Crippen LogP contribution in [0.3, 0.4) is 0 Å². The lowest BCUT2D eigenvalue weighted by Crippen LogP contribution is -2.34. The van der Waals surface area contributed by atoms with E-state index in [-0.39, 0.29) is 5.82 Å². The molecule has 1 aliphatic rings. The fourth-order valence-corrected chi connectivity index (χ4v) is 3.30. The minimum atomic E-state index is -0.202. The van der Waals surface area contributed by atoms with Crippen LogP contribution in [-0.2, 0) is 0 Å². The lowest BCUT2D eigenvalue weighted by molar-refractivity contribution is 0.372. The summed E-state index contributed by atoms with van der Waals surface area (Å²) in [5.74, 6) is 0.373. The third-order valence-corrected chi connectivity index (χ3v) is 4.98. The van der Waals surface area contributed by atoms with E-state index in [0.717, 1.165) is 21.8 Å². The van der Waals surface area contributed by atoms with E-state index >= 15 is 0 Å². The van der Waals surface area contributed by atoms with Crippen molar-refractivity contribution in [3.05, 3.63) is 62.8 Å². The van der Waals surface area contributed by atoms with Crippen molar-refractivity contribution in [3.8, 4) is 0 Å². The van der Waals surface area contributed by atoms with Gasteiger partial charge in [0, 0.05) is 15.0 Å². The third kappa shape index (κ3) is 2.91. The molecule has 0 radical (unpaired) electrons. The number of rotatable bonds is 3. The number of hydrogen-bond acceptors (Lipinski definition) is 1. The summed E-state index contributed by atoms with van der Waals surface area (Å²) >= 11 is 6.84. The largest absolute Gasteiger partial charge is 0.379 e. The molecule has 0 amide bonds. The predicted octanol–water partition coefficient (Wildman–Crippen LogP) is 5.71. The third-order valence-electron chi connectivity index (χ3n) is 3.79. The summed E-state index contributed by atoms with van der Waals surface area (Å²) in [6.45, 7) is 0. The van der Waals surface area contributed by atoms with Gasteiger partial charge in [-0.15, -0.1) is 0 Å². The molecule has 0 atom stereocenters. The van der Waals surface area contributed by atoms with E-state index in [9.17, 15) is 4.39 Å². The maximum Gasteiger partial charge on any atom is 0.147 e. The highest BCUT2D eigenvalue weighted by atomic mass is 79.9. The number of anilines is 1. The molecule has 3 rings (SSSR count). The summed E-state index contributed by atoms with van der Waals surface area (Å²) in [5.41, 5.74) is 1.94. The molecule has 0 saturated heterocycles. The minimum absolute atomic E-state index is 0.202. The van der Waals surface area contributed by atoms with Crippen molar-refractivity contribution in [3.63, 3.8) is 0 Å². The Morgan fingerprint density at radius 1 is 1.00 bits per heavy atom. The van der Waals surface area contributed by atoms with Gasteiger partial charge in [0.05, 0.1) is 5.69 Å². The first-order chi connectivity index (χ1) is 9.63. The van der Waals surface area contributed by atoms with Gasteiger partial charge in [-0.2, -0.15) is 0 Å². The second kappa shape index (κ2) is 5.86. The van der Waals surface area contributed by atoms with Crippen molar-refractivity contribution in [1.82, 2.24) is 0 Å². The Balaban J connectivity index is 1.62.